The molecule has 0 bridgehead atoms. The highest BCUT2D eigenvalue weighted by atomic mass is 16.3. The Kier molecular flexibility index (Phi) is 3.30. The maximum atomic E-state index is 12.0. The van der Waals surface area contributed by atoms with E-state index in [1.54, 1.807) is 13.0 Å². The van der Waals surface area contributed by atoms with Gasteiger partial charge in [0, 0.05) is 6.54 Å². The van der Waals surface area contributed by atoms with Crippen molar-refractivity contribution in [3.63, 3.8) is 0 Å². The zero-order valence-electron chi connectivity index (χ0n) is 10.8. The molecule has 0 unspecified atom stereocenters. The first-order valence-corrected chi connectivity index (χ1v) is 6.22. The third-order valence-corrected chi connectivity index (χ3v) is 3.55. The summed E-state index contributed by atoms with van der Waals surface area (Å²) in [4.78, 5) is 12.0. The molecule has 0 aliphatic heterocycles. The minimum atomic E-state index is -0.746. The Morgan fingerprint density at radius 2 is 2.06 bits per heavy atom. The van der Waals surface area contributed by atoms with E-state index in [0.29, 0.717) is 5.56 Å². The van der Waals surface area contributed by atoms with Gasteiger partial charge in [0.15, 0.2) is 0 Å². The molecule has 4 heteroatoms. The maximum Gasteiger partial charge on any atom is 0.255 e. The summed E-state index contributed by atoms with van der Waals surface area (Å²) in [5.74, 6) is -0.321. The number of carbonyl (C=O) groups is 1. The quantitative estimate of drug-likeness (QED) is 0.763. The number of hydrogen-bond donors (Lipinski definition) is 3. The number of benzene rings is 1. The molecule has 0 spiro atoms. The molecule has 1 aliphatic rings. The summed E-state index contributed by atoms with van der Waals surface area (Å²) < 4.78 is 0. The van der Waals surface area contributed by atoms with Crippen molar-refractivity contribution in [2.45, 2.75) is 38.7 Å². The van der Waals surface area contributed by atoms with E-state index < -0.39 is 5.60 Å². The van der Waals surface area contributed by atoms with E-state index in [0.717, 1.165) is 24.8 Å². The van der Waals surface area contributed by atoms with E-state index >= 15 is 0 Å². The third kappa shape index (κ3) is 2.48. The van der Waals surface area contributed by atoms with Gasteiger partial charge < -0.3 is 15.5 Å². The van der Waals surface area contributed by atoms with Gasteiger partial charge in [0.25, 0.3) is 5.91 Å². The molecular weight excluding hydrogens is 230 g/mol. The van der Waals surface area contributed by atoms with Crippen LogP contribution < -0.4 is 5.32 Å². The molecular formula is C14H19NO3. The van der Waals surface area contributed by atoms with Gasteiger partial charge in [-0.1, -0.05) is 6.07 Å². The van der Waals surface area contributed by atoms with Crippen molar-refractivity contribution in [1.82, 2.24) is 5.32 Å². The lowest BCUT2D eigenvalue weighted by atomic mass is 9.80. The number of aromatic hydroxyl groups is 1. The van der Waals surface area contributed by atoms with E-state index in [9.17, 15) is 15.0 Å². The van der Waals surface area contributed by atoms with Gasteiger partial charge in [0.05, 0.1) is 11.2 Å². The topological polar surface area (TPSA) is 69.6 Å². The van der Waals surface area contributed by atoms with Crippen LogP contribution in [0.3, 0.4) is 0 Å². The second-order valence-electron chi connectivity index (χ2n) is 5.24. The molecule has 2 rings (SSSR count). The predicted octanol–water partition coefficient (Wildman–Crippen LogP) is 1.65. The van der Waals surface area contributed by atoms with E-state index in [2.05, 4.69) is 5.32 Å². The molecule has 0 aromatic heterocycles. The fraction of sp³-hybridized carbons (Fsp3) is 0.500. The zero-order valence-corrected chi connectivity index (χ0v) is 10.8. The monoisotopic (exact) mass is 249 g/mol. The van der Waals surface area contributed by atoms with Gasteiger partial charge in [0.2, 0.25) is 0 Å². The molecule has 1 aromatic carbocycles. The number of nitrogens with one attached hydrogen (secondary N) is 1. The average Bonchev–Trinajstić information content (AvgIpc) is 2.28. The average molecular weight is 249 g/mol. The van der Waals surface area contributed by atoms with Crippen molar-refractivity contribution in [3.8, 4) is 5.75 Å². The van der Waals surface area contributed by atoms with Crippen LogP contribution in [0, 0.1) is 13.8 Å². The lowest BCUT2D eigenvalue weighted by Crippen LogP contribution is -2.47. The van der Waals surface area contributed by atoms with Crippen molar-refractivity contribution >= 4 is 5.91 Å². The Labute approximate surface area is 107 Å². The summed E-state index contributed by atoms with van der Waals surface area (Å²) in [6, 6.07) is 3.48. The lowest BCUT2D eigenvalue weighted by Gasteiger charge is -2.36. The third-order valence-electron chi connectivity index (χ3n) is 3.55. The van der Waals surface area contributed by atoms with Crippen LogP contribution in [-0.4, -0.2) is 28.3 Å². The molecule has 4 nitrogen and oxygen atoms in total. The minimum Gasteiger partial charge on any atom is -0.507 e. The van der Waals surface area contributed by atoms with Gasteiger partial charge >= 0.3 is 0 Å². The van der Waals surface area contributed by atoms with Crippen LogP contribution in [-0.2, 0) is 0 Å². The first-order valence-electron chi connectivity index (χ1n) is 6.22. The van der Waals surface area contributed by atoms with E-state index in [-0.39, 0.29) is 23.8 Å². The summed E-state index contributed by atoms with van der Waals surface area (Å²) in [7, 11) is 0. The zero-order chi connectivity index (χ0) is 13.3. The van der Waals surface area contributed by atoms with Gasteiger partial charge in [-0.15, -0.1) is 0 Å². The molecule has 1 aliphatic carbocycles. The van der Waals surface area contributed by atoms with Gasteiger partial charge in [-0.3, -0.25) is 4.79 Å². The molecule has 1 aromatic rings. The molecule has 1 amide bonds. The number of aryl methyl sites for hydroxylation is 2. The SMILES string of the molecule is Cc1cc(C)c(O)c(C(=O)NCC2(O)CCC2)c1. The fourth-order valence-electron chi connectivity index (χ4n) is 2.23. The highest BCUT2D eigenvalue weighted by Crippen LogP contribution is 2.31. The Hall–Kier alpha value is -1.55. The van der Waals surface area contributed by atoms with Crippen LogP contribution >= 0.6 is 0 Å². The molecule has 0 heterocycles. The number of amides is 1. The summed E-state index contributed by atoms with van der Waals surface area (Å²) in [6.07, 6.45) is 2.46. The van der Waals surface area contributed by atoms with Crippen molar-refractivity contribution < 1.29 is 15.0 Å². The van der Waals surface area contributed by atoms with E-state index in [4.69, 9.17) is 0 Å². The van der Waals surface area contributed by atoms with Crippen LogP contribution in [0.4, 0.5) is 0 Å². The molecule has 98 valence electrons. The first kappa shape index (κ1) is 12.9. The molecule has 18 heavy (non-hydrogen) atoms. The normalized spacial score (nSPS) is 17.1. The lowest BCUT2D eigenvalue weighted by molar-refractivity contribution is -0.0300. The number of hydrogen-bond acceptors (Lipinski definition) is 3. The fourth-order valence-corrected chi connectivity index (χ4v) is 2.23. The van der Waals surface area contributed by atoms with Crippen molar-refractivity contribution in [2.75, 3.05) is 6.54 Å². The largest absolute Gasteiger partial charge is 0.507 e. The predicted molar refractivity (Wildman–Crippen MR) is 68.7 cm³/mol. The summed E-state index contributed by atoms with van der Waals surface area (Å²) >= 11 is 0. The maximum absolute atomic E-state index is 12.0. The van der Waals surface area contributed by atoms with Crippen LogP contribution in [0.25, 0.3) is 0 Å². The molecule has 1 fully saturated rings. The number of carbonyl (C=O) groups excluding carboxylic acids is 1. The highest BCUT2D eigenvalue weighted by Gasteiger charge is 2.34. The van der Waals surface area contributed by atoms with Crippen LogP contribution in [0.15, 0.2) is 12.1 Å². The standard InChI is InChI=1S/C14H19NO3/c1-9-6-10(2)12(16)11(7-9)13(17)15-8-14(18)4-3-5-14/h6-7,16,18H,3-5,8H2,1-2H3,(H,15,17). The Bertz CT molecular complexity index is 478. The van der Waals surface area contributed by atoms with Crippen molar-refractivity contribution in [1.29, 1.82) is 0 Å². The molecule has 1 saturated carbocycles. The second-order valence-corrected chi connectivity index (χ2v) is 5.24. The number of phenols is 1. The van der Waals surface area contributed by atoms with Crippen molar-refractivity contribution in [2.24, 2.45) is 0 Å². The van der Waals surface area contributed by atoms with Crippen LogP contribution in [0.1, 0.15) is 40.7 Å². The second kappa shape index (κ2) is 4.61. The van der Waals surface area contributed by atoms with Gasteiger partial charge in [-0.25, -0.2) is 0 Å². The number of phenolic OH excluding ortho intramolecular Hbond substituents is 1. The van der Waals surface area contributed by atoms with Gasteiger partial charge in [-0.2, -0.15) is 0 Å². The first-order chi connectivity index (χ1) is 8.41. The minimum absolute atomic E-state index is 0.0127. The van der Waals surface area contributed by atoms with Crippen molar-refractivity contribution in [3.05, 3.63) is 28.8 Å². The highest BCUT2D eigenvalue weighted by molar-refractivity contribution is 5.97. The van der Waals surface area contributed by atoms with E-state index in [1.807, 2.05) is 13.0 Å². The molecule has 0 saturated heterocycles. The Balaban J connectivity index is 2.09. The summed E-state index contributed by atoms with van der Waals surface area (Å²) in [6.45, 7) is 3.89. The number of aliphatic hydroxyl groups is 1. The Morgan fingerprint density at radius 3 is 2.61 bits per heavy atom. The summed E-state index contributed by atoms with van der Waals surface area (Å²) in [5.41, 5.74) is 1.14. The molecule has 0 radical (unpaired) electrons. The smallest absolute Gasteiger partial charge is 0.255 e. The molecule has 3 N–H and O–H groups in total. The van der Waals surface area contributed by atoms with Crippen LogP contribution in [0.2, 0.25) is 0 Å². The van der Waals surface area contributed by atoms with Gasteiger partial charge in [-0.05, 0) is 50.3 Å². The van der Waals surface area contributed by atoms with E-state index in [1.165, 1.54) is 0 Å². The van der Waals surface area contributed by atoms with Crippen LogP contribution in [0.5, 0.6) is 5.75 Å². The summed E-state index contributed by atoms with van der Waals surface area (Å²) in [5, 5.41) is 22.5. The Morgan fingerprint density at radius 1 is 1.39 bits per heavy atom. The molecule has 0 atom stereocenters. The van der Waals surface area contributed by atoms with Gasteiger partial charge in [0.1, 0.15) is 5.75 Å². The number of rotatable bonds is 3.